The number of rotatable bonds is 2. The molecule has 12 rings (SSSR count). The van der Waals surface area contributed by atoms with Crippen molar-refractivity contribution in [2.75, 3.05) is 4.90 Å². The molecule has 0 fully saturated rings. The first kappa shape index (κ1) is 33.6. The summed E-state index contributed by atoms with van der Waals surface area (Å²) < 4.78 is 10.9. The van der Waals surface area contributed by atoms with Crippen LogP contribution < -0.4 is 15.8 Å². The third kappa shape index (κ3) is 4.33. The summed E-state index contributed by atoms with van der Waals surface area (Å²) in [6.45, 7) is 18.8. The van der Waals surface area contributed by atoms with Crippen molar-refractivity contribution >= 4 is 88.5 Å². The van der Waals surface area contributed by atoms with Crippen LogP contribution in [0.25, 0.3) is 65.3 Å². The average molecular weight is 757 g/mol. The van der Waals surface area contributed by atoms with Crippen LogP contribution in [0.1, 0.15) is 73.9 Å². The van der Waals surface area contributed by atoms with Gasteiger partial charge in [-0.15, -0.1) is 11.3 Å². The van der Waals surface area contributed by atoms with Gasteiger partial charge in [-0.3, -0.25) is 0 Å². The van der Waals surface area contributed by atoms with Gasteiger partial charge in [0.25, 0.3) is 0 Å². The Morgan fingerprint density at radius 2 is 1.32 bits per heavy atom. The zero-order chi connectivity index (χ0) is 38.9. The van der Waals surface area contributed by atoms with Crippen LogP contribution in [0, 0.1) is 27.7 Å². The van der Waals surface area contributed by atoms with Gasteiger partial charge in [0.05, 0.1) is 16.1 Å². The minimum atomic E-state index is -0.0737. The Morgan fingerprint density at radius 1 is 0.632 bits per heavy atom. The van der Waals surface area contributed by atoms with Crippen molar-refractivity contribution in [2.24, 2.45) is 0 Å². The normalized spacial score (nSPS) is 16.1. The summed E-state index contributed by atoms with van der Waals surface area (Å²) in [5.41, 5.74) is 22.1. The van der Waals surface area contributed by atoms with Gasteiger partial charge in [-0.25, -0.2) is 0 Å². The number of hydrogen-bond donors (Lipinski definition) is 0. The molecule has 3 nitrogen and oxygen atoms in total. The highest BCUT2D eigenvalue weighted by molar-refractivity contribution is 7.26. The van der Waals surface area contributed by atoms with E-state index >= 15 is 0 Å². The van der Waals surface area contributed by atoms with E-state index in [2.05, 4.69) is 168 Å². The lowest BCUT2D eigenvalue weighted by Gasteiger charge is -2.44. The van der Waals surface area contributed by atoms with Crippen molar-refractivity contribution in [2.45, 2.75) is 79.1 Å². The van der Waals surface area contributed by atoms with Crippen LogP contribution in [0.4, 0.5) is 16.4 Å². The zero-order valence-corrected chi connectivity index (χ0v) is 34.8. The number of thiophene rings is 1. The van der Waals surface area contributed by atoms with Crippen LogP contribution in [-0.4, -0.2) is 11.3 Å². The smallest absolute Gasteiger partial charge is 0.337 e. The molecule has 0 bridgehead atoms. The van der Waals surface area contributed by atoms with E-state index in [1.54, 1.807) is 0 Å². The molecule has 5 heteroatoms. The van der Waals surface area contributed by atoms with Crippen molar-refractivity contribution in [1.82, 2.24) is 4.48 Å². The molecule has 0 radical (unpaired) electrons. The third-order valence-electron chi connectivity index (χ3n) is 14.0. The maximum atomic E-state index is 6.99. The highest BCUT2D eigenvalue weighted by atomic mass is 32.1. The highest BCUT2D eigenvalue weighted by Crippen LogP contribution is 2.54. The molecule has 9 aromatic rings. The number of nitrogens with zero attached hydrogens (tertiary/aromatic N) is 2. The quantitative estimate of drug-likeness (QED) is 0.164. The molecule has 0 amide bonds. The maximum absolute atomic E-state index is 6.99. The van der Waals surface area contributed by atoms with Crippen LogP contribution in [0.5, 0.6) is 0 Å². The van der Waals surface area contributed by atoms with Gasteiger partial charge in [-0.05, 0) is 143 Å². The monoisotopic (exact) mass is 756 g/mol. The van der Waals surface area contributed by atoms with Gasteiger partial charge in [0, 0.05) is 32.2 Å². The fourth-order valence-corrected chi connectivity index (χ4v) is 12.6. The van der Waals surface area contributed by atoms with Gasteiger partial charge in [-0.1, -0.05) is 106 Å². The lowest BCUT2D eigenvalue weighted by molar-refractivity contribution is 0.332. The third-order valence-corrected chi connectivity index (χ3v) is 15.2. The Labute approximate surface area is 338 Å². The first-order valence-corrected chi connectivity index (χ1v) is 21.4. The Kier molecular flexibility index (Phi) is 6.55. The second-order valence-corrected chi connectivity index (χ2v) is 19.6. The molecule has 278 valence electrons. The van der Waals surface area contributed by atoms with E-state index in [0.29, 0.717) is 0 Å². The molecule has 3 aromatic heterocycles. The predicted octanol–water partition coefficient (Wildman–Crippen LogP) is 13.4. The van der Waals surface area contributed by atoms with Gasteiger partial charge < -0.3 is 13.8 Å². The Hall–Kier alpha value is -5.52. The van der Waals surface area contributed by atoms with Crippen molar-refractivity contribution in [3.05, 3.63) is 137 Å². The lowest BCUT2D eigenvalue weighted by atomic mass is 9.45. The number of benzene rings is 6. The molecule has 0 spiro atoms. The number of furan rings is 1. The summed E-state index contributed by atoms with van der Waals surface area (Å²) in [7, 11) is 0. The highest BCUT2D eigenvalue weighted by Gasteiger charge is 2.47. The molecule has 6 aromatic carbocycles. The minimum absolute atomic E-state index is 0.0737. The summed E-state index contributed by atoms with van der Waals surface area (Å²) in [4.78, 5) is 2.68. The Bertz CT molecular complexity index is 3240. The van der Waals surface area contributed by atoms with E-state index in [0.717, 1.165) is 11.3 Å². The summed E-state index contributed by atoms with van der Waals surface area (Å²) >= 11 is 1.94. The molecule has 1 aliphatic carbocycles. The van der Waals surface area contributed by atoms with Crippen LogP contribution in [0.2, 0.25) is 0 Å². The maximum Gasteiger partial charge on any atom is 0.337 e. The van der Waals surface area contributed by atoms with E-state index in [4.69, 9.17) is 4.42 Å². The van der Waals surface area contributed by atoms with Gasteiger partial charge in [0.15, 0.2) is 5.71 Å². The topological polar surface area (TPSA) is 21.3 Å². The molecule has 57 heavy (non-hydrogen) atoms. The van der Waals surface area contributed by atoms with E-state index in [1.807, 2.05) is 11.3 Å². The van der Waals surface area contributed by atoms with Gasteiger partial charge in [0.2, 0.25) is 0 Å². The number of hydrogen-bond acceptors (Lipinski definition) is 3. The number of aryl methyl sites for hydroxylation is 4. The van der Waals surface area contributed by atoms with Crippen LogP contribution in [0.15, 0.2) is 108 Å². The fraction of sp³-hybridized carbons (Fsp3) is 0.231. The minimum Gasteiger partial charge on any atom is -0.441 e. The molecule has 0 N–H and O–H groups in total. The summed E-state index contributed by atoms with van der Waals surface area (Å²) in [5, 5.41) is 6.26. The first-order valence-electron chi connectivity index (χ1n) is 20.6. The number of para-hydroxylation sites is 2. The molecule has 2 aliphatic heterocycles. The number of fused-ring (bicyclic) bond motifs is 12. The molecular formula is C52H45BN2OS. The summed E-state index contributed by atoms with van der Waals surface area (Å²) in [6, 6.07) is 39.5. The molecule has 3 aliphatic rings. The van der Waals surface area contributed by atoms with E-state index in [1.165, 1.54) is 128 Å². The van der Waals surface area contributed by atoms with Crippen LogP contribution >= 0.6 is 11.3 Å². The van der Waals surface area contributed by atoms with Crippen LogP contribution in [0.3, 0.4) is 0 Å². The lowest BCUT2D eigenvalue weighted by Crippen LogP contribution is -2.56. The molecule has 0 unspecified atom stereocenters. The molecular weight excluding hydrogens is 711 g/mol. The van der Waals surface area contributed by atoms with E-state index in [-0.39, 0.29) is 17.7 Å². The molecule has 0 saturated heterocycles. The van der Waals surface area contributed by atoms with Gasteiger partial charge >= 0.3 is 6.85 Å². The van der Waals surface area contributed by atoms with Gasteiger partial charge in [0.1, 0.15) is 5.58 Å². The molecule has 5 heterocycles. The van der Waals surface area contributed by atoms with Crippen molar-refractivity contribution < 1.29 is 4.42 Å². The largest absolute Gasteiger partial charge is 0.441 e. The summed E-state index contributed by atoms with van der Waals surface area (Å²) in [6.07, 6.45) is 2.37. The fourth-order valence-electron chi connectivity index (χ4n) is 11.3. The first-order chi connectivity index (χ1) is 27.4. The SMILES string of the molecule is Cc1cc(C)c(-c2cc3c4c(c2)N(c2cc5c(cc2C)C(C)(C)CCC5(C)C)c2sc5ccccc5c2B4n2c4oc5ccccc5c4c4cccc-3c42)c(C)c1. The zero-order valence-electron chi connectivity index (χ0n) is 34.0. The van der Waals surface area contributed by atoms with E-state index in [9.17, 15) is 0 Å². The second-order valence-electron chi connectivity index (χ2n) is 18.6. The Balaban J connectivity index is 1.27. The number of aromatic nitrogens is 1. The van der Waals surface area contributed by atoms with Crippen LogP contribution in [-0.2, 0) is 10.8 Å². The average Bonchev–Trinajstić information content (AvgIpc) is 3.85. The van der Waals surface area contributed by atoms with E-state index < -0.39 is 0 Å². The van der Waals surface area contributed by atoms with Crippen molar-refractivity contribution in [3.8, 4) is 22.3 Å². The van der Waals surface area contributed by atoms with Crippen molar-refractivity contribution in [3.63, 3.8) is 0 Å². The molecule has 0 atom stereocenters. The van der Waals surface area contributed by atoms with Crippen molar-refractivity contribution in [1.29, 1.82) is 0 Å². The molecule has 0 saturated carbocycles. The predicted molar refractivity (Wildman–Crippen MR) is 245 cm³/mol. The summed E-state index contributed by atoms with van der Waals surface area (Å²) in [5.74, 6) is 0. The number of anilines is 3. The van der Waals surface area contributed by atoms with Gasteiger partial charge in [-0.2, -0.15) is 0 Å². The standard InChI is InChI=1S/C52H45BN2OS/c1-28-22-30(3)44(31(4)23-28)32-25-37-33-16-13-17-36-45-34-14-9-11-18-42(34)56-49(45)55(48(33)36)53-46(37)41(26-32)54(50-47(53)35-15-10-12-19-43(35)57-50)40-27-39-38(24-29(40)2)51(5,6)20-21-52(39,7)8/h9-19,22-27H,20-21H2,1-8H3. The Morgan fingerprint density at radius 3 is 2.09 bits per heavy atom. The second kappa shape index (κ2) is 11.1.